The highest BCUT2D eigenvalue weighted by Crippen LogP contribution is 2.21. The molecule has 0 unspecified atom stereocenters. The third-order valence-electron chi connectivity index (χ3n) is 4.44. The van der Waals surface area contributed by atoms with Crippen LogP contribution in [0.25, 0.3) is 0 Å². The number of aryl methyl sites for hydroxylation is 1. The van der Waals surface area contributed by atoms with Gasteiger partial charge in [0.25, 0.3) is 5.91 Å². The molecule has 6 nitrogen and oxygen atoms in total. The summed E-state index contributed by atoms with van der Waals surface area (Å²) in [5.41, 5.74) is 3.37. The van der Waals surface area contributed by atoms with Gasteiger partial charge in [-0.1, -0.05) is 17.7 Å². The molecule has 0 saturated carbocycles. The van der Waals surface area contributed by atoms with Crippen molar-refractivity contribution in [2.75, 3.05) is 23.0 Å². The fourth-order valence-electron chi connectivity index (χ4n) is 2.87. The number of carbonyl (C=O) groups is 3. The van der Waals surface area contributed by atoms with Crippen LogP contribution in [0.4, 0.5) is 11.4 Å². The number of benzene rings is 3. The zero-order valence-corrected chi connectivity index (χ0v) is 18.7. The van der Waals surface area contributed by atoms with Gasteiger partial charge in [-0.05, 0) is 74.5 Å². The van der Waals surface area contributed by atoms with Gasteiger partial charge in [-0.15, -0.1) is 11.8 Å². The van der Waals surface area contributed by atoms with Gasteiger partial charge in [0.1, 0.15) is 0 Å². The molecule has 32 heavy (non-hydrogen) atoms. The van der Waals surface area contributed by atoms with Gasteiger partial charge in [0, 0.05) is 21.8 Å². The van der Waals surface area contributed by atoms with E-state index < -0.39 is 0 Å². The number of thioether (sulfide) groups is 1. The van der Waals surface area contributed by atoms with E-state index in [4.69, 9.17) is 4.74 Å². The molecule has 0 saturated heterocycles. The van der Waals surface area contributed by atoms with Crippen LogP contribution in [0.3, 0.4) is 0 Å². The molecule has 0 aliphatic heterocycles. The second-order valence-electron chi connectivity index (χ2n) is 6.98. The summed E-state index contributed by atoms with van der Waals surface area (Å²) >= 11 is 1.39. The highest BCUT2D eigenvalue weighted by molar-refractivity contribution is 8.00. The first-order valence-corrected chi connectivity index (χ1v) is 11.1. The third-order valence-corrected chi connectivity index (χ3v) is 5.45. The molecule has 0 fully saturated rings. The van der Waals surface area contributed by atoms with Crippen LogP contribution < -0.4 is 10.6 Å². The number of carbonyl (C=O) groups excluding carboxylic acids is 3. The number of rotatable bonds is 8. The molecule has 7 heteroatoms. The first-order valence-electron chi connectivity index (χ1n) is 10.1. The lowest BCUT2D eigenvalue weighted by molar-refractivity contribution is -0.113. The summed E-state index contributed by atoms with van der Waals surface area (Å²) in [6.07, 6.45) is 0. The van der Waals surface area contributed by atoms with E-state index in [0.29, 0.717) is 29.1 Å². The summed E-state index contributed by atoms with van der Waals surface area (Å²) in [5, 5.41) is 5.67. The van der Waals surface area contributed by atoms with Crippen LogP contribution in [0.15, 0.2) is 77.7 Å². The predicted molar refractivity (Wildman–Crippen MR) is 127 cm³/mol. The number of nitrogens with one attached hydrogen (secondary N) is 2. The number of esters is 1. The minimum absolute atomic E-state index is 0.157. The summed E-state index contributed by atoms with van der Waals surface area (Å²) in [4.78, 5) is 37.1. The molecule has 2 N–H and O–H groups in total. The van der Waals surface area contributed by atoms with Gasteiger partial charge in [-0.25, -0.2) is 4.79 Å². The number of amides is 2. The molecule has 0 bridgehead atoms. The first-order chi connectivity index (χ1) is 15.4. The number of hydrogen-bond acceptors (Lipinski definition) is 5. The molecule has 0 aromatic heterocycles. The Balaban J connectivity index is 1.48. The van der Waals surface area contributed by atoms with E-state index in [0.717, 1.165) is 10.5 Å². The van der Waals surface area contributed by atoms with Gasteiger partial charge in [-0.3, -0.25) is 9.59 Å². The molecule has 0 aliphatic rings. The van der Waals surface area contributed by atoms with Gasteiger partial charge in [0.05, 0.1) is 17.9 Å². The first kappa shape index (κ1) is 23.1. The number of ether oxygens (including phenoxy) is 1. The van der Waals surface area contributed by atoms with Crippen LogP contribution in [0.5, 0.6) is 0 Å². The van der Waals surface area contributed by atoms with Crippen molar-refractivity contribution < 1.29 is 19.1 Å². The average Bonchev–Trinajstić information content (AvgIpc) is 2.79. The maximum Gasteiger partial charge on any atom is 0.338 e. The fourth-order valence-corrected chi connectivity index (χ4v) is 3.57. The normalized spacial score (nSPS) is 10.3. The smallest absolute Gasteiger partial charge is 0.338 e. The molecule has 0 atom stereocenters. The molecule has 2 amide bonds. The van der Waals surface area contributed by atoms with Crippen molar-refractivity contribution in [2.24, 2.45) is 0 Å². The van der Waals surface area contributed by atoms with Crippen molar-refractivity contribution >= 4 is 40.9 Å². The topological polar surface area (TPSA) is 84.5 Å². The molecule has 3 aromatic carbocycles. The van der Waals surface area contributed by atoms with E-state index in [1.165, 1.54) is 11.8 Å². The van der Waals surface area contributed by atoms with Crippen molar-refractivity contribution in [3.63, 3.8) is 0 Å². The monoisotopic (exact) mass is 448 g/mol. The molecule has 0 spiro atoms. The van der Waals surface area contributed by atoms with Gasteiger partial charge in [0.2, 0.25) is 5.91 Å². The molecule has 0 radical (unpaired) electrons. The lowest BCUT2D eigenvalue weighted by Gasteiger charge is -2.08. The average molecular weight is 449 g/mol. The lowest BCUT2D eigenvalue weighted by atomic mass is 10.1. The van der Waals surface area contributed by atoms with E-state index in [9.17, 15) is 14.4 Å². The molecule has 3 aromatic rings. The summed E-state index contributed by atoms with van der Waals surface area (Å²) in [6.45, 7) is 4.01. The van der Waals surface area contributed by atoms with Gasteiger partial charge in [-0.2, -0.15) is 0 Å². The SMILES string of the molecule is CCOC(=O)c1ccc(NC(=O)CSc2ccc(NC(=O)c3cccc(C)c3)cc2)cc1. The second kappa shape index (κ2) is 11.2. The fraction of sp³-hybridized carbons (Fsp3) is 0.160. The van der Waals surface area contributed by atoms with Crippen molar-refractivity contribution in [3.05, 3.63) is 89.5 Å². The van der Waals surface area contributed by atoms with E-state index >= 15 is 0 Å². The molecular formula is C25H24N2O4S. The minimum atomic E-state index is -0.389. The third kappa shape index (κ3) is 6.72. The highest BCUT2D eigenvalue weighted by Gasteiger charge is 2.09. The van der Waals surface area contributed by atoms with Crippen LogP contribution >= 0.6 is 11.8 Å². The zero-order chi connectivity index (χ0) is 22.9. The van der Waals surface area contributed by atoms with Crippen molar-refractivity contribution in [1.29, 1.82) is 0 Å². The Morgan fingerprint density at radius 1 is 0.844 bits per heavy atom. The summed E-state index contributed by atoms with van der Waals surface area (Å²) < 4.78 is 4.94. The van der Waals surface area contributed by atoms with Crippen LogP contribution in [-0.2, 0) is 9.53 Å². The van der Waals surface area contributed by atoms with Gasteiger partial charge < -0.3 is 15.4 Å². The summed E-state index contributed by atoms with van der Waals surface area (Å²) in [6, 6.07) is 21.3. The van der Waals surface area contributed by atoms with E-state index in [1.807, 2.05) is 49.4 Å². The van der Waals surface area contributed by atoms with E-state index in [1.54, 1.807) is 37.3 Å². The largest absolute Gasteiger partial charge is 0.462 e. The maximum absolute atomic E-state index is 12.3. The van der Waals surface area contributed by atoms with Crippen LogP contribution in [0.1, 0.15) is 33.2 Å². The Labute approximate surface area is 191 Å². The molecular weight excluding hydrogens is 424 g/mol. The number of hydrogen-bond donors (Lipinski definition) is 2. The molecule has 3 rings (SSSR count). The molecule has 0 aliphatic carbocycles. The summed E-state index contributed by atoms with van der Waals surface area (Å²) in [5.74, 6) is -0.480. The Morgan fingerprint density at radius 2 is 1.50 bits per heavy atom. The Bertz CT molecular complexity index is 1100. The highest BCUT2D eigenvalue weighted by atomic mass is 32.2. The molecule has 0 heterocycles. The zero-order valence-electron chi connectivity index (χ0n) is 17.9. The van der Waals surface area contributed by atoms with Crippen LogP contribution in [0, 0.1) is 6.92 Å². The van der Waals surface area contributed by atoms with Crippen molar-refractivity contribution in [2.45, 2.75) is 18.7 Å². The quantitative estimate of drug-likeness (QED) is 0.368. The van der Waals surface area contributed by atoms with Crippen molar-refractivity contribution in [1.82, 2.24) is 0 Å². The van der Waals surface area contributed by atoms with E-state index in [2.05, 4.69) is 10.6 Å². The minimum Gasteiger partial charge on any atom is -0.462 e. The second-order valence-corrected chi connectivity index (χ2v) is 8.03. The standard InChI is InChI=1S/C25H24N2O4S/c1-3-31-25(30)18-7-9-20(10-8-18)26-23(28)16-32-22-13-11-21(12-14-22)27-24(29)19-6-4-5-17(2)15-19/h4-15H,3,16H2,1-2H3,(H,26,28)(H,27,29). The Kier molecular flexibility index (Phi) is 8.05. The lowest BCUT2D eigenvalue weighted by Crippen LogP contribution is -2.14. The van der Waals surface area contributed by atoms with Crippen LogP contribution in [0.2, 0.25) is 0 Å². The number of anilines is 2. The Hall–Kier alpha value is -3.58. The predicted octanol–water partition coefficient (Wildman–Crippen LogP) is 5.15. The van der Waals surface area contributed by atoms with E-state index in [-0.39, 0.29) is 23.5 Å². The van der Waals surface area contributed by atoms with Crippen molar-refractivity contribution in [3.8, 4) is 0 Å². The maximum atomic E-state index is 12.3. The van der Waals surface area contributed by atoms with Gasteiger partial charge in [0.15, 0.2) is 0 Å². The van der Waals surface area contributed by atoms with Gasteiger partial charge >= 0.3 is 5.97 Å². The summed E-state index contributed by atoms with van der Waals surface area (Å²) in [7, 11) is 0. The Morgan fingerprint density at radius 3 is 2.16 bits per heavy atom. The molecule has 164 valence electrons. The van der Waals surface area contributed by atoms with Crippen LogP contribution in [-0.4, -0.2) is 30.1 Å².